The molecule has 2 aromatic rings. The lowest BCUT2D eigenvalue weighted by molar-refractivity contribution is 0.387. The van der Waals surface area contributed by atoms with Crippen LogP contribution in [0.4, 0.5) is 26.2 Å². The predicted octanol–water partition coefficient (Wildman–Crippen LogP) is 2.94. The maximum absolute atomic E-state index is 13.6. The van der Waals surface area contributed by atoms with Crippen molar-refractivity contribution in [1.29, 1.82) is 0 Å². The average molecular weight is 280 g/mol. The molecule has 0 bridgehead atoms. The van der Waals surface area contributed by atoms with Crippen molar-refractivity contribution in [2.75, 3.05) is 24.3 Å². The maximum atomic E-state index is 13.6. The Bertz CT molecular complexity index is 607. The molecule has 0 amide bonds. The number of rotatable bonds is 5. The summed E-state index contributed by atoms with van der Waals surface area (Å²) in [5, 5.41) is 5.64. The first-order valence-corrected chi connectivity index (χ1v) is 6.01. The summed E-state index contributed by atoms with van der Waals surface area (Å²) in [4.78, 5) is 7.79. The second-order valence-corrected chi connectivity index (χ2v) is 3.89. The van der Waals surface area contributed by atoms with Crippen LogP contribution in [0, 0.1) is 11.6 Å². The van der Waals surface area contributed by atoms with Gasteiger partial charge < -0.3 is 15.4 Å². The number of nitrogens with zero attached hydrogens (tertiary/aromatic N) is 2. The predicted molar refractivity (Wildman–Crippen MR) is 72.4 cm³/mol. The molecule has 7 heteroatoms. The number of aromatic nitrogens is 2. The molecule has 0 saturated carbocycles. The van der Waals surface area contributed by atoms with Crippen LogP contribution in [0.1, 0.15) is 6.92 Å². The topological polar surface area (TPSA) is 59.1 Å². The molecule has 0 radical (unpaired) electrons. The van der Waals surface area contributed by atoms with Gasteiger partial charge in [-0.05, 0) is 19.1 Å². The summed E-state index contributed by atoms with van der Waals surface area (Å²) in [5.41, 5.74) is 0.461. The molecule has 106 valence electrons. The zero-order valence-electron chi connectivity index (χ0n) is 11.1. The van der Waals surface area contributed by atoms with Gasteiger partial charge in [-0.1, -0.05) is 0 Å². The molecule has 1 aromatic heterocycles. The van der Waals surface area contributed by atoms with E-state index < -0.39 is 11.6 Å². The van der Waals surface area contributed by atoms with Crippen molar-refractivity contribution in [2.24, 2.45) is 0 Å². The fourth-order valence-corrected chi connectivity index (χ4v) is 1.57. The van der Waals surface area contributed by atoms with E-state index in [1.807, 2.05) is 6.92 Å². The van der Waals surface area contributed by atoms with Crippen LogP contribution in [0.25, 0.3) is 0 Å². The van der Waals surface area contributed by atoms with Crippen LogP contribution < -0.4 is 15.4 Å². The number of methoxy groups -OCH3 is 1. The van der Waals surface area contributed by atoms with E-state index in [1.54, 1.807) is 0 Å². The first-order valence-electron chi connectivity index (χ1n) is 6.01. The molecule has 2 rings (SSSR count). The van der Waals surface area contributed by atoms with Crippen LogP contribution in [-0.2, 0) is 0 Å². The van der Waals surface area contributed by atoms with Gasteiger partial charge in [-0.15, -0.1) is 0 Å². The number of benzene rings is 1. The Kier molecular flexibility index (Phi) is 4.29. The first-order chi connectivity index (χ1) is 9.63. The summed E-state index contributed by atoms with van der Waals surface area (Å²) in [6.07, 6.45) is 1.06. The van der Waals surface area contributed by atoms with E-state index in [0.29, 0.717) is 18.2 Å². The van der Waals surface area contributed by atoms with Gasteiger partial charge in [0.05, 0.1) is 13.3 Å². The summed E-state index contributed by atoms with van der Waals surface area (Å²) in [6, 6.07) is 4.11. The molecule has 1 aromatic carbocycles. The quantitative estimate of drug-likeness (QED) is 0.881. The minimum atomic E-state index is -0.602. The lowest BCUT2D eigenvalue weighted by atomic mass is 10.3. The summed E-state index contributed by atoms with van der Waals surface area (Å²) < 4.78 is 31.8. The van der Waals surface area contributed by atoms with E-state index in [-0.39, 0.29) is 11.6 Å². The van der Waals surface area contributed by atoms with Crippen molar-refractivity contribution in [3.8, 4) is 5.75 Å². The van der Waals surface area contributed by atoms with Crippen molar-refractivity contribution < 1.29 is 13.5 Å². The third kappa shape index (κ3) is 3.11. The van der Waals surface area contributed by atoms with Crippen LogP contribution in [0.2, 0.25) is 0 Å². The molecule has 0 spiro atoms. The molecule has 0 fully saturated rings. The zero-order valence-corrected chi connectivity index (χ0v) is 11.1. The molecule has 5 nitrogen and oxygen atoms in total. The van der Waals surface area contributed by atoms with Crippen LogP contribution in [0.3, 0.4) is 0 Å². The molecule has 0 saturated heterocycles. The SMILES string of the molecule is CCNc1ncc(F)c(Nc2ccc(F)c(OC)c2)n1. The highest BCUT2D eigenvalue weighted by Crippen LogP contribution is 2.24. The van der Waals surface area contributed by atoms with Crippen LogP contribution >= 0.6 is 0 Å². The fourth-order valence-electron chi connectivity index (χ4n) is 1.57. The van der Waals surface area contributed by atoms with Gasteiger partial charge in [0.2, 0.25) is 5.95 Å². The van der Waals surface area contributed by atoms with E-state index >= 15 is 0 Å². The number of hydrogen-bond acceptors (Lipinski definition) is 5. The molecule has 0 aliphatic heterocycles. The van der Waals surface area contributed by atoms with Crippen molar-refractivity contribution in [2.45, 2.75) is 6.92 Å². The second kappa shape index (κ2) is 6.14. The number of halogens is 2. The standard InChI is InChI=1S/C13H14F2N4O/c1-3-16-13-17-7-10(15)12(19-13)18-8-4-5-9(14)11(6-8)20-2/h4-7H,3H2,1-2H3,(H2,16,17,18,19). The minimum absolute atomic E-state index is 0.00427. The molecule has 2 N–H and O–H groups in total. The zero-order chi connectivity index (χ0) is 14.5. The highest BCUT2D eigenvalue weighted by Gasteiger charge is 2.09. The van der Waals surface area contributed by atoms with Gasteiger partial charge in [0.15, 0.2) is 23.2 Å². The van der Waals surface area contributed by atoms with Crippen LogP contribution in [0.15, 0.2) is 24.4 Å². The second-order valence-electron chi connectivity index (χ2n) is 3.89. The number of hydrogen-bond donors (Lipinski definition) is 2. The van der Waals surface area contributed by atoms with Gasteiger partial charge in [0.1, 0.15) is 0 Å². The summed E-state index contributed by atoms with van der Waals surface area (Å²) in [6.45, 7) is 2.50. The van der Waals surface area contributed by atoms with E-state index in [0.717, 1.165) is 6.20 Å². The summed E-state index contributed by atoms with van der Waals surface area (Å²) in [5.74, 6) is -0.712. The Morgan fingerprint density at radius 1 is 1.25 bits per heavy atom. The number of anilines is 3. The molecular weight excluding hydrogens is 266 g/mol. The highest BCUT2D eigenvalue weighted by atomic mass is 19.1. The molecule has 1 heterocycles. The smallest absolute Gasteiger partial charge is 0.224 e. The van der Waals surface area contributed by atoms with E-state index in [4.69, 9.17) is 4.74 Å². The van der Waals surface area contributed by atoms with Gasteiger partial charge >= 0.3 is 0 Å². The third-order valence-electron chi connectivity index (χ3n) is 2.49. The van der Waals surface area contributed by atoms with E-state index in [1.165, 1.54) is 25.3 Å². The highest BCUT2D eigenvalue weighted by molar-refractivity contribution is 5.59. The molecule has 0 aliphatic rings. The maximum Gasteiger partial charge on any atom is 0.224 e. The van der Waals surface area contributed by atoms with Gasteiger partial charge in [-0.3, -0.25) is 0 Å². The van der Waals surface area contributed by atoms with Crippen LogP contribution in [-0.4, -0.2) is 23.6 Å². The molecule has 0 unspecified atom stereocenters. The lowest BCUT2D eigenvalue weighted by Crippen LogP contribution is -2.06. The lowest BCUT2D eigenvalue weighted by Gasteiger charge is -2.10. The number of ether oxygens (including phenoxy) is 1. The molecule has 0 aliphatic carbocycles. The Hall–Kier alpha value is -2.44. The molecule has 0 atom stereocenters. The van der Waals surface area contributed by atoms with Crippen molar-refractivity contribution in [1.82, 2.24) is 9.97 Å². The Balaban J connectivity index is 2.27. The van der Waals surface area contributed by atoms with E-state index in [9.17, 15) is 8.78 Å². The molecular formula is C13H14F2N4O. The fraction of sp³-hybridized carbons (Fsp3) is 0.231. The van der Waals surface area contributed by atoms with Gasteiger partial charge in [0.25, 0.3) is 0 Å². The van der Waals surface area contributed by atoms with Crippen molar-refractivity contribution in [3.63, 3.8) is 0 Å². The Morgan fingerprint density at radius 3 is 2.75 bits per heavy atom. The minimum Gasteiger partial charge on any atom is -0.494 e. The number of nitrogens with one attached hydrogen (secondary N) is 2. The van der Waals surface area contributed by atoms with Crippen molar-refractivity contribution >= 4 is 17.5 Å². The summed E-state index contributed by atoms with van der Waals surface area (Å²) >= 11 is 0. The van der Waals surface area contributed by atoms with Crippen LogP contribution in [0.5, 0.6) is 5.75 Å². The first kappa shape index (κ1) is 14.0. The largest absolute Gasteiger partial charge is 0.494 e. The van der Waals surface area contributed by atoms with Gasteiger partial charge in [-0.2, -0.15) is 4.98 Å². The summed E-state index contributed by atoms with van der Waals surface area (Å²) in [7, 11) is 1.36. The Labute approximate surface area is 115 Å². The van der Waals surface area contributed by atoms with Gasteiger partial charge in [0, 0.05) is 18.3 Å². The third-order valence-corrected chi connectivity index (χ3v) is 2.49. The normalized spacial score (nSPS) is 10.2. The van der Waals surface area contributed by atoms with E-state index in [2.05, 4.69) is 20.6 Å². The monoisotopic (exact) mass is 280 g/mol. The Morgan fingerprint density at radius 2 is 2.05 bits per heavy atom. The average Bonchev–Trinajstić information content (AvgIpc) is 2.45. The molecule has 20 heavy (non-hydrogen) atoms. The van der Waals surface area contributed by atoms with Crippen molar-refractivity contribution in [3.05, 3.63) is 36.0 Å². The van der Waals surface area contributed by atoms with Gasteiger partial charge in [-0.25, -0.2) is 13.8 Å².